The molecule has 1 aromatic heterocycles. The lowest BCUT2D eigenvalue weighted by molar-refractivity contribution is -0.140. The van der Waals surface area contributed by atoms with Crippen molar-refractivity contribution >= 4 is 50.6 Å². The van der Waals surface area contributed by atoms with Crippen LogP contribution in [-0.2, 0) is 14.3 Å². The summed E-state index contributed by atoms with van der Waals surface area (Å²) in [5.41, 5.74) is 2.87. The van der Waals surface area contributed by atoms with E-state index in [-0.39, 0.29) is 36.4 Å². The molecule has 1 amide bonds. The van der Waals surface area contributed by atoms with Crippen LogP contribution in [0.3, 0.4) is 0 Å². The fourth-order valence-corrected chi connectivity index (χ4v) is 4.63. The number of hydrogen-bond donors (Lipinski definition) is 1. The van der Waals surface area contributed by atoms with Gasteiger partial charge < -0.3 is 14.7 Å². The third-order valence-electron chi connectivity index (χ3n) is 4.61. The predicted octanol–water partition coefficient (Wildman–Crippen LogP) is 3.93. The van der Waals surface area contributed by atoms with Crippen LogP contribution >= 0.6 is 22.9 Å². The number of benzene rings is 1. The zero-order chi connectivity index (χ0) is 18.1. The molecular weight excluding hydrogens is 362 g/mol. The first-order chi connectivity index (χ1) is 12.0. The second-order valence-corrected chi connectivity index (χ2v) is 7.42. The molecule has 0 bridgehead atoms. The number of carbonyl (C=O) groups is 2. The quantitative estimate of drug-likeness (QED) is 0.629. The Hall–Kier alpha value is -1.79. The van der Waals surface area contributed by atoms with E-state index in [0.29, 0.717) is 18.8 Å². The highest BCUT2D eigenvalue weighted by molar-refractivity contribution is 7.17. The van der Waals surface area contributed by atoms with Gasteiger partial charge in [0, 0.05) is 42.6 Å². The summed E-state index contributed by atoms with van der Waals surface area (Å²) in [6.07, 6.45) is 0.912. The van der Waals surface area contributed by atoms with Crippen LogP contribution in [0.1, 0.15) is 36.3 Å². The molecule has 1 atom stereocenters. The molecule has 1 N–H and O–H groups in total. The zero-order valence-corrected chi connectivity index (χ0v) is 15.7. The van der Waals surface area contributed by atoms with Crippen LogP contribution in [-0.4, -0.2) is 36.5 Å². The van der Waals surface area contributed by atoms with Gasteiger partial charge in [0.25, 0.3) is 0 Å². The summed E-state index contributed by atoms with van der Waals surface area (Å²) in [6.45, 7) is 2.51. The van der Waals surface area contributed by atoms with E-state index in [1.165, 1.54) is 18.4 Å². The molecule has 0 unspecified atom stereocenters. The highest BCUT2D eigenvalue weighted by Crippen LogP contribution is 2.48. The van der Waals surface area contributed by atoms with Gasteiger partial charge in [0.1, 0.15) is 5.75 Å². The first kappa shape index (κ1) is 18.0. The summed E-state index contributed by atoms with van der Waals surface area (Å²) < 4.78 is 5.44. The van der Waals surface area contributed by atoms with Crippen molar-refractivity contribution in [3.05, 3.63) is 22.6 Å². The molecule has 1 aromatic carbocycles. The number of ether oxygens (including phenoxy) is 1. The van der Waals surface area contributed by atoms with Crippen LogP contribution in [0, 0.1) is 6.92 Å². The Balaban J connectivity index is 1.92. The van der Waals surface area contributed by atoms with Gasteiger partial charge in [0.05, 0.1) is 17.5 Å². The number of anilines is 1. The van der Waals surface area contributed by atoms with E-state index < -0.39 is 0 Å². The van der Waals surface area contributed by atoms with Crippen molar-refractivity contribution in [2.24, 2.45) is 0 Å². The van der Waals surface area contributed by atoms with Gasteiger partial charge in [-0.1, -0.05) is 0 Å². The lowest BCUT2D eigenvalue weighted by Gasteiger charge is -2.18. The monoisotopic (exact) mass is 381 g/mol. The number of methoxy groups -OCH3 is 1. The maximum Gasteiger partial charge on any atom is 0.305 e. The normalized spacial score (nSPS) is 16.3. The molecule has 1 aliphatic heterocycles. The summed E-state index contributed by atoms with van der Waals surface area (Å²) in [4.78, 5) is 25.6. The van der Waals surface area contributed by atoms with E-state index in [4.69, 9.17) is 11.6 Å². The van der Waals surface area contributed by atoms with Gasteiger partial charge in [-0.2, -0.15) is 0 Å². The molecule has 25 heavy (non-hydrogen) atoms. The molecule has 5 nitrogen and oxygen atoms in total. The minimum atomic E-state index is -0.318. The van der Waals surface area contributed by atoms with E-state index in [2.05, 4.69) is 4.74 Å². The van der Waals surface area contributed by atoms with Gasteiger partial charge >= 0.3 is 5.97 Å². The minimum absolute atomic E-state index is 0.0395. The standard InChI is InChI=1S/C18H20ClNO4S/c1-10-9-25-18-13(21)6-12-17(16(10)18)11(7-19)8-20(12)14(22)4-3-5-15(23)24-2/h6,9,11,21H,3-5,7-8H2,1-2H3/t11-/m1/s1. The third kappa shape index (κ3) is 3.20. The Kier molecular flexibility index (Phi) is 5.20. The second kappa shape index (κ2) is 7.22. The highest BCUT2D eigenvalue weighted by Gasteiger charge is 2.35. The lowest BCUT2D eigenvalue weighted by Crippen LogP contribution is -2.29. The summed E-state index contributed by atoms with van der Waals surface area (Å²) in [7, 11) is 1.34. The van der Waals surface area contributed by atoms with Gasteiger partial charge in [0.15, 0.2) is 0 Å². The number of nitrogens with zero attached hydrogens (tertiary/aromatic N) is 1. The maximum absolute atomic E-state index is 12.7. The largest absolute Gasteiger partial charge is 0.506 e. The number of phenolic OH excluding ortho intramolecular Hbond substituents is 1. The predicted molar refractivity (Wildman–Crippen MR) is 99.9 cm³/mol. The molecule has 0 saturated heterocycles. The van der Waals surface area contributed by atoms with E-state index in [1.807, 2.05) is 12.3 Å². The van der Waals surface area contributed by atoms with Crippen molar-refractivity contribution in [3.63, 3.8) is 0 Å². The molecule has 7 heteroatoms. The van der Waals surface area contributed by atoms with Gasteiger partial charge in [-0.05, 0) is 29.9 Å². The van der Waals surface area contributed by atoms with Gasteiger partial charge in [-0.15, -0.1) is 22.9 Å². The maximum atomic E-state index is 12.7. The number of amides is 1. The van der Waals surface area contributed by atoms with Crippen LogP contribution in [0.4, 0.5) is 5.69 Å². The van der Waals surface area contributed by atoms with Gasteiger partial charge in [-0.25, -0.2) is 0 Å². The van der Waals surface area contributed by atoms with Gasteiger partial charge in [-0.3, -0.25) is 9.59 Å². The van der Waals surface area contributed by atoms with Crippen LogP contribution in [0.2, 0.25) is 0 Å². The fourth-order valence-electron chi connectivity index (χ4n) is 3.40. The average Bonchev–Trinajstić information content (AvgIpc) is 3.15. The van der Waals surface area contributed by atoms with Crippen molar-refractivity contribution in [2.45, 2.75) is 32.1 Å². The average molecular weight is 382 g/mol. The van der Waals surface area contributed by atoms with Crippen LogP contribution < -0.4 is 4.90 Å². The summed E-state index contributed by atoms with van der Waals surface area (Å²) in [6, 6.07) is 1.67. The first-order valence-corrected chi connectivity index (χ1v) is 9.56. The molecule has 0 spiro atoms. The van der Waals surface area contributed by atoms with E-state index in [1.54, 1.807) is 11.0 Å². The number of fused-ring (bicyclic) bond motifs is 3. The van der Waals surface area contributed by atoms with Crippen LogP contribution in [0.15, 0.2) is 11.4 Å². The smallest absolute Gasteiger partial charge is 0.305 e. The number of phenols is 1. The van der Waals surface area contributed by atoms with Gasteiger partial charge in [0.2, 0.25) is 5.91 Å². The number of aromatic hydroxyl groups is 1. The topological polar surface area (TPSA) is 66.8 Å². The molecule has 134 valence electrons. The molecule has 1 aliphatic rings. The number of hydrogen-bond acceptors (Lipinski definition) is 5. The summed E-state index contributed by atoms with van der Waals surface area (Å²) in [5.74, 6) is 0.256. The zero-order valence-electron chi connectivity index (χ0n) is 14.2. The molecule has 0 aliphatic carbocycles. The Bertz CT molecular complexity index is 832. The molecule has 0 fully saturated rings. The summed E-state index contributed by atoms with van der Waals surface area (Å²) >= 11 is 7.67. The Morgan fingerprint density at radius 2 is 2.20 bits per heavy atom. The number of halogens is 1. The molecule has 0 radical (unpaired) electrons. The highest BCUT2D eigenvalue weighted by atomic mass is 35.5. The molecule has 0 saturated carbocycles. The van der Waals surface area contributed by atoms with Crippen molar-refractivity contribution in [1.29, 1.82) is 0 Å². The van der Waals surface area contributed by atoms with Crippen LogP contribution in [0.25, 0.3) is 10.1 Å². The number of thiophene rings is 1. The number of aryl methyl sites for hydroxylation is 1. The van der Waals surface area contributed by atoms with Crippen LogP contribution in [0.5, 0.6) is 5.75 Å². The number of rotatable bonds is 5. The lowest BCUT2D eigenvalue weighted by atomic mass is 9.97. The SMILES string of the molecule is COC(=O)CCCC(=O)N1C[C@@H](CCl)c2c1cc(O)c1scc(C)c21. The molecule has 2 heterocycles. The number of carbonyl (C=O) groups excluding carboxylic acids is 2. The minimum Gasteiger partial charge on any atom is -0.506 e. The van der Waals surface area contributed by atoms with Crippen molar-refractivity contribution in [1.82, 2.24) is 0 Å². The van der Waals surface area contributed by atoms with E-state index >= 15 is 0 Å². The van der Waals surface area contributed by atoms with E-state index in [0.717, 1.165) is 26.9 Å². The van der Waals surface area contributed by atoms with Crippen molar-refractivity contribution < 1.29 is 19.4 Å². The second-order valence-electron chi connectivity index (χ2n) is 6.24. The molecule has 3 rings (SSSR count). The van der Waals surface area contributed by atoms with Crippen molar-refractivity contribution in [2.75, 3.05) is 24.4 Å². The Morgan fingerprint density at radius 1 is 1.44 bits per heavy atom. The molecular formula is C18H20ClNO4S. The first-order valence-electron chi connectivity index (χ1n) is 8.14. The Labute approximate surface area is 155 Å². The third-order valence-corrected chi connectivity index (χ3v) is 6.11. The van der Waals surface area contributed by atoms with Crippen molar-refractivity contribution in [3.8, 4) is 5.75 Å². The van der Waals surface area contributed by atoms with E-state index in [9.17, 15) is 14.7 Å². The Morgan fingerprint density at radius 3 is 2.88 bits per heavy atom. The molecule has 2 aromatic rings. The number of esters is 1. The summed E-state index contributed by atoms with van der Waals surface area (Å²) in [5, 5.41) is 13.4. The number of alkyl halides is 1. The fraction of sp³-hybridized carbons (Fsp3) is 0.444.